The molecule has 0 spiro atoms. The quantitative estimate of drug-likeness (QED) is 0.141. The van der Waals surface area contributed by atoms with Crippen LogP contribution in [0.3, 0.4) is 0 Å². The fourth-order valence-corrected chi connectivity index (χ4v) is 6.90. The number of hydrogen-bond acceptors (Lipinski definition) is 3. The molecule has 1 aliphatic carbocycles. The van der Waals surface area contributed by atoms with Crippen molar-refractivity contribution in [3.8, 4) is 11.1 Å². The SMILES string of the molecule is CC(=O)O.CCCC1(CCC)c2cc(C(=N)c3ccccc3C)ccc2-c2ccc(C(=O)c3cccc4ccccc34)cc21. The number of aryl methyl sites for hydroxylation is 1. The molecule has 0 heterocycles. The van der Waals surface area contributed by atoms with E-state index in [1.54, 1.807) is 0 Å². The summed E-state index contributed by atoms with van der Waals surface area (Å²) < 4.78 is 0. The number of benzene rings is 5. The van der Waals surface area contributed by atoms with Gasteiger partial charge in [-0.1, -0.05) is 118 Å². The van der Waals surface area contributed by atoms with Crippen molar-refractivity contribution in [3.63, 3.8) is 0 Å². The third kappa shape index (κ3) is 5.60. The summed E-state index contributed by atoms with van der Waals surface area (Å²) in [5, 5.41) is 18.6. The topological polar surface area (TPSA) is 78.2 Å². The van der Waals surface area contributed by atoms with Crippen molar-refractivity contribution in [3.05, 3.63) is 142 Å². The number of hydrogen-bond donors (Lipinski definition) is 2. The van der Waals surface area contributed by atoms with Crippen LogP contribution < -0.4 is 0 Å². The summed E-state index contributed by atoms with van der Waals surface area (Å²) in [4.78, 5) is 23.0. The first-order valence-corrected chi connectivity index (χ1v) is 15.4. The number of carboxylic acid groups (broad SMARTS) is 1. The summed E-state index contributed by atoms with van der Waals surface area (Å²) >= 11 is 0. The summed E-state index contributed by atoms with van der Waals surface area (Å²) in [5.74, 6) is -0.764. The Morgan fingerprint density at radius 2 is 1.23 bits per heavy atom. The van der Waals surface area contributed by atoms with Gasteiger partial charge in [0.2, 0.25) is 0 Å². The molecule has 44 heavy (non-hydrogen) atoms. The van der Waals surface area contributed by atoms with E-state index >= 15 is 0 Å². The number of fused-ring (bicyclic) bond motifs is 4. The zero-order valence-corrected chi connectivity index (χ0v) is 25.9. The molecule has 0 saturated carbocycles. The molecule has 4 heteroatoms. The highest BCUT2D eigenvalue weighted by atomic mass is 16.4. The van der Waals surface area contributed by atoms with Gasteiger partial charge in [0.15, 0.2) is 5.78 Å². The van der Waals surface area contributed by atoms with Gasteiger partial charge < -0.3 is 5.11 Å². The Morgan fingerprint density at radius 3 is 1.86 bits per heavy atom. The van der Waals surface area contributed by atoms with Crippen molar-refractivity contribution >= 4 is 28.2 Å². The second-order valence-electron chi connectivity index (χ2n) is 11.7. The Labute approximate surface area is 259 Å². The minimum absolute atomic E-state index is 0.0690. The highest BCUT2D eigenvalue weighted by Crippen LogP contribution is 2.54. The van der Waals surface area contributed by atoms with Gasteiger partial charge in [-0.15, -0.1) is 0 Å². The first-order chi connectivity index (χ1) is 21.2. The van der Waals surface area contributed by atoms with E-state index < -0.39 is 5.97 Å². The smallest absolute Gasteiger partial charge is 0.300 e. The lowest BCUT2D eigenvalue weighted by Gasteiger charge is -2.32. The molecule has 1 aliphatic rings. The summed E-state index contributed by atoms with van der Waals surface area (Å²) in [6.07, 6.45) is 4.10. The van der Waals surface area contributed by atoms with E-state index in [0.717, 1.165) is 71.2 Å². The number of carbonyl (C=O) groups is 2. The van der Waals surface area contributed by atoms with Gasteiger partial charge in [-0.05, 0) is 70.5 Å². The molecule has 5 aromatic rings. The number of nitrogens with one attached hydrogen (secondary N) is 1. The van der Waals surface area contributed by atoms with Gasteiger partial charge in [0.25, 0.3) is 5.97 Å². The molecule has 0 unspecified atom stereocenters. The molecule has 6 rings (SSSR count). The van der Waals surface area contributed by atoms with Crippen LogP contribution in [0.25, 0.3) is 21.9 Å². The van der Waals surface area contributed by atoms with E-state index in [2.05, 4.69) is 69.3 Å². The lowest BCUT2D eigenvalue weighted by Crippen LogP contribution is -2.25. The van der Waals surface area contributed by atoms with Crippen LogP contribution in [0.2, 0.25) is 0 Å². The van der Waals surface area contributed by atoms with Crippen LogP contribution in [-0.2, 0) is 10.2 Å². The molecule has 0 fully saturated rings. The van der Waals surface area contributed by atoms with Gasteiger partial charge in [-0.2, -0.15) is 0 Å². The third-order valence-electron chi connectivity index (χ3n) is 8.71. The molecule has 222 valence electrons. The molecule has 0 atom stereocenters. The number of ketones is 1. The van der Waals surface area contributed by atoms with Gasteiger partial charge in [-0.25, -0.2) is 0 Å². The van der Waals surface area contributed by atoms with Crippen molar-refractivity contribution in [1.82, 2.24) is 0 Å². The first kappa shape index (κ1) is 30.6. The molecule has 2 N–H and O–H groups in total. The van der Waals surface area contributed by atoms with Gasteiger partial charge >= 0.3 is 0 Å². The van der Waals surface area contributed by atoms with E-state index in [1.807, 2.05) is 54.6 Å². The fraction of sp³-hybridized carbons (Fsp3) is 0.225. The van der Waals surface area contributed by atoms with Crippen LogP contribution in [0, 0.1) is 12.3 Å². The van der Waals surface area contributed by atoms with Crippen molar-refractivity contribution in [2.24, 2.45) is 0 Å². The minimum atomic E-state index is -0.833. The predicted molar refractivity (Wildman–Crippen MR) is 180 cm³/mol. The van der Waals surface area contributed by atoms with Crippen molar-refractivity contribution in [1.29, 1.82) is 5.41 Å². The summed E-state index contributed by atoms with van der Waals surface area (Å²) in [5.41, 5.74) is 9.93. The normalized spacial score (nSPS) is 12.5. The van der Waals surface area contributed by atoms with Crippen molar-refractivity contribution in [2.45, 2.75) is 58.8 Å². The van der Waals surface area contributed by atoms with Crippen molar-refractivity contribution in [2.75, 3.05) is 0 Å². The highest BCUT2D eigenvalue weighted by Gasteiger charge is 2.42. The molecule has 0 radical (unpaired) electrons. The van der Waals surface area contributed by atoms with E-state index in [4.69, 9.17) is 15.3 Å². The highest BCUT2D eigenvalue weighted by molar-refractivity contribution is 6.17. The van der Waals surface area contributed by atoms with Crippen LogP contribution in [0.5, 0.6) is 0 Å². The molecule has 0 bridgehead atoms. The summed E-state index contributed by atoms with van der Waals surface area (Å²) in [6.45, 7) is 7.65. The van der Waals surface area contributed by atoms with Crippen LogP contribution in [0.1, 0.15) is 90.2 Å². The largest absolute Gasteiger partial charge is 0.481 e. The first-order valence-electron chi connectivity index (χ1n) is 15.4. The number of carboxylic acids is 1. The van der Waals surface area contributed by atoms with Gasteiger partial charge in [0, 0.05) is 34.6 Å². The lowest BCUT2D eigenvalue weighted by atomic mass is 9.71. The molecular formula is C40H39NO3. The molecule has 4 nitrogen and oxygen atoms in total. The average molecular weight is 582 g/mol. The minimum Gasteiger partial charge on any atom is -0.481 e. The monoisotopic (exact) mass is 581 g/mol. The Kier molecular flexibility index (Phi) is 8.91. The van der Waals surface area contributed by atoms with E-state index in [-0.39, 0.29) is 11.2 Å². The van der Waals surface area contributed by atoms with E-state index in [9.17, 15) is 4.79 Å². The maximum Gasteiger partial charge on any atom is 0.300 e. The Morgan fingerprint density at radius 1 is 0.705 bits per heavy atom. The van der Waals surface area contributed by atoms with E-state index in [0.29, 0.717) is 5.71 Å². The fourth-order valence-electron chi connectivity index (χ4n) is 6.90. The maximum absolute atomic E-state index is 14.0. The lowest BCUT2D eigenvalue weighted by molar-refractivity contribution is -0.134. The van der Waals surface area contributed by atoms with Crippen LogP contribution in [0.4, 0.5) is 0 Å². The molecule has 0 aromatic heterocycles. The van der Waals surface area contributed by atoms with Crippen LogP contribution in [0.15, 0.2) is 103 Å². The number of carbonyl (C=O) groups excluding carboxylic acids is 1. The average Bonchev–Trinajstić information content (AvgIpc) is 3.28. The van der Waals surface area contributed by atoms with Crippen LogP contribution in [-0.4, -0.2) is 22.6 Å². The van der Waals surface area contributed by atoms with Crippen molar-refractivity contribution < 1.29 is 14.7 Å². The molecule has 0 saturated heterocycles. The standard InChI is InChI=1S/C38H35NO.C2H4O2/c1-4-21-38(22-5-2)34-23-27(36(39)29-14-8-6-11-25(29)3)17-19-31(34)32-20-18-28(24-35(32)38)37(40)33-16-10-13-26-12-7-9-15-30(26)33;1-2(3)4/h6-20,23-24,39H,4-5,21-22H2,1-3H3;1H3,(H,3,4). The molecule has 5 aromatic carbocycles. The Bertz CT molecular complexity index is 1870. The summed E-state index contributed by atoms with van der Waals surface area (Å²) in [7, 11) is 0. The zero-order chi connectivity index (χ0) is 31.4. The van der Waals surface area contributed by atoms with Crippen LogP contribution >= 0.6 is 0 Å². The summed E-state index contributed by atoms with van der Waals surface area (Å²) in [6, 6.07) is 35.1. The second-order valence-corrected chi connectivity index (χ2v) is 11.7. The Hall–Kier alpha value is -4.83. The van der Waals surface area contributed by atoms with E-state index in [1.165, 1.54) is 22.3 Å². The predicted octanol–water partition coefficient (Wildman–Crippen LogP) is 9.75. The number of aliphatic carboxylic acids is 1. The number of rotatable bonds is 8. The Balaban J connectivity index is 0.000000906. The molecule has 0 aliphatic heterocycles. The third-order valence-corrected chi connectivity index (χ3v) is 8.71. The van der Waals surface area contributed by atoms with Gasteiger partial charge in [0.1, 0.15) is 0 Å². The molecule has 0 amide bonds. The van der Waals surface area contributed by atoms with Gasteiger partial charge in [-0.3, -0.25) is 15.0 Å². The maximum atomic E-state index is 14.0. The van der Waals surface area contributed by atoms with Gasteiger partial charge in [0.05, 0.1) is 5.71 Å². The zero-order valence-electron chi connectivity index (χ0n) is 25.9. The second kappa shape index (κ2) is 12.8. The molecular weight excluding hydrogens is 542 g/mol.